The molecule has 1 spiro atoms. The quantitative estimate of drug-likeness (QED) is 0.725. The van der Waals surface area contributed by atoms with Crippen LogP contribution in [0.3, 0.4) is 0 Å². The topological polar surface area (TPSA) is 12.5 Å². The number of nitrogens with zero attached hydrogens (tertiary/aromatic N) is 1. The first kappa shape index (κ1) is 12.5. The van der Waals surface area contributed by atoms with Gasteiger partial charge in [0, 0.05) is 12.0 Å². The highest BCUT2D eigenvalue weighted by atomic mass is 16.5. The number of methoxy groups -OCH3 is 1. The van der Waals surface area contributed by atoms with Crippen molar-refractivity contribution in [2.24, 2.45) is 5.92 Å². The Labute approximate surface area is 121 Å². The van der Waals surface area contributed by atoms with Crippen LogP contribution < -0.4 is 4.74 Å². The fourth-order valence-electron chi connectivity index (χ4n) is 4.74. The standard InChI is InChI=1S/C18H23NO/c1-19-10-9-18-8-4-3-5-14(18)11-15-16(20-2)7-6-13(12-19)17(15)18/h4,6-8,14H,3,5,9-12H2,1-2H3/t14-,18+/m1/s1. The molecule has 2 nitrogen and oxygen atoms in total. The van der Waals surface area contributed by atoms with E-state index in [-0.39, 0.29) is 0 Å². The van der Waals surface area contributed by atoms with Crippen molar-refractivity contribution in [1.29, 1.82) is 0 Å². The Hall–Kier alpha value is -1.28. The van der Waals surface area contributed by atoms with Crippen LogP contribution in [0.15, 0.2) is 24.3 Å². The van der Waals surface area contributed by atoms with E-state index < -0.39 is 0 Å². The number of benzene rings is 1. The zero-order valence-electron chi connectivity index (χ0n) is 12.5. The van der Waals surface area contributed by atoms with E-state index in [2.05, 4.69) is 36.2 Å². The minimum atomic E-state index is 0.294. The molecule has 2 aliphatic carbocycles. The summed E-state index contributed by atoms with van der Waals surface area (Å²) < 4.78 is 5.66. The monoisotopic (exact) mass is 269 g/mol. The average Bonchev–Trinajstić information content (AvgIpc) is 2.74. The number of rotatable bonds is 1. The average molecular weight is 269 g/mol. The zero-order valence-corrected chi connectivity index (χ0v) is 12.5. The van der Waals surface area contributed by atoms with Gasteiger partial charge in [-0.3, -0.25) is 0 Å². The minimum absolute atomic E-state index is 0.294. The highest BCUT2D eigenvalue weighted by Crippen LogP contribution is 2.55. The Balaban J connectivity index is 1.98. The smallest absolute Gasteiger partial charge is 0.122 e. The van der Waals surface area contributed by atoms with Crippen molar-refractivity contribution < 1.29 is 4.74 Å². The predicted octanol–water partition coefficient (Wildman–Crippen LogP) is 3.29. The molecule has 0 fully saturated rings. The summed E-state index contributed by atoms with van der Waals surface area (Å²) in [6.45, 7) is 2.27. The molecule has 20 heavy (non-hydrogen) atoms. The van der Waals surface area contributed by atoms with Crippen molar-refractivity contribution in [2.45, 2.75) is 37.6 Å². The van der Waals surface area contributed by atoms with Gasteiger partial charge in [-0.15, -0.1) is 0 Å². The van der Waals surface area contributed by atoms with Crippen LogP contribution in [0.2, 0.25) is 0 Å². The van der Waals surface area contributed by atoms with Crippen molar-refractivity contribution in [3.05, 3.63) is 41.0 Å². The summed E-state index contributed by atoms with van der Waals surface area (Å²) in [5, 5.41) is 0. The zero-order chi connectivity index (χ0) is 13.7. The molecule has 4 rings (SSSR count). The van der Waals surface area contributed by atoms with Gasteiger partial charge >= 0.3 is 0 Å². The summed E-state index contributed by atoms with van der Waals surface area (Å²) >= 11 is 0. The van der Waals surface area contributed by atoms with Crippen LogP contribution in [0, 0.1) is 5.92 Å². The first-order chi connectivity index (χ1) is 9.74. The molecule has 0 amide bonds. The maximum absolute atomic E-state index is 5.66. The molecule has 106 valence electrons. The SMILES string of the molecule is COc1ccc2c3c1C[C@H]1CCC=C[C@@]31CCN(C)C2. The molecule has 0 bridgehead atoms. The summed E-state index contributed by atoms with van der Waals surface area (Å²) in [7, 11) is 4.06. The normalized spacial score (nSPS) is 31.6. The first-order valence-electron chi connectivity index (χ1n) is 7.80. The molecule has 0 saturated heterocycles. The van der Waals surface area contributed by atoms with E-state index in [4.69, 9.17) is 4.74 Å². The largest absolute Gasteiger partial charge is 0.496 e. The molecule has 2 heteroatoms. The summed E-state index contributed by atoms with van der Waals surface area (Å²) in [4.78, 5) is 2.47. The summed E-state index contributed by atoms with van der Waals surface area (Å²) in [5.74, 6) is 1.89. The molecule has 0 saturated carbocycles. The van der Waals surface area contributed by atoms with E-state index in [1.807, 2.05) is 7.11 Å². The Bertz CT molecular complexity index is 577. The van der Waals surface area contributed by atoms with Crippen LogP contribution in [0.5, 0.6) is 5.75 Å². The minimum Gasteiger partial charge on any atom is -0.496 e. The van der Waals surface area contributed by atoms with Crippen LogP contribution in [-0.2, 0) is 18.4 Å². The second kappa shape index (κ2) is 4.36. The van der Waals surface area contributed by atoms with Crippen molar-refractivity contribution in [1.82, 2.24) is 4.90 Å². The lowest BCUT2D eigenvalue weighted by Gasteiger charge is -2.36. The molecule has 0 unspecified atom stereocenters. The fourth-order valence-corrected chi connectivity index (χ4v) is 4.74. The van der Waals surface area contributed by atoms with E-state index in [1.165, 1.54) is 43.4 Å². The van der Waals surface area contributed by atoms with Gasteiger partial charge in [0.2, 0.25) is 0 Å². The van der Waals surface area contributed by atoms with Gasteiger partial charge in [0.25, 0.3) is 0 Å². The summed E-state index contributed by atoms with van der Waals surface area (Å²) in [6.07, 6.45) is 10.00. The van der Waals surface area contributed by atoms with Gasteiger partial charge in [-0.1, -0.05) is 18.2 Å². The van der Waals surface area contributed by atoms with Gasteiger partial charge in [0.1, 0.15) is 5.75 Å². The van der Waals surface area contributed by atoms with E-state index in [0.717, 1.165) is 18.2 Å². The van der Waals surface area contributed by atoms with E-state index in [9.17, 15) is 0 Å². The third kappa shape index (κ3) is 1.54. The maximum atomic E-state index is 5.66. The fraction of sp³-hybridized carbons (Fsp3) is 0.556. The molecular formula is C18H23NO. The Morgan fingerprint density at radius 3 is 3.10 bits per heavy atom. The molecule has 1 heterocycles. The van der Waals surface area contributed by atoms with Crippen LogP contribution in [0.25, 0.3) is 0 Å². The maximum Gasteiger partial charge on any atom is 0.122 e. The van der Waals surface area contributed by atoms with Crippen LogP contribution in [0.1, 0.15) is 36.0 Å². The van der Waals surface area contributed by atoms with Crippen molar-refractivity contribution in [3.63, 3.8) is 0 Å². The van der Waals surface area contributed by atoms with Crippen molar-refractivity contribution in [2.75, 3.05) is 20.7 Å². The second-order valence-electron chi connectivity index (χ2n) is 6.69. The number of ether oxygens (including phenoxy) is 1. The Morgan fingerprint density at radius 2 is 2.25 bits per heavy atom. The van der Waals surface area contributed by atoms with Crippen molar-refractivity contribution in [3.8, 4) is 5.75 Å². The predicted molar refractivity (Wildman–Crippen MR) is 81.2 cm³/mol. The second-order valence-corrected chi connectivity index (χ2v) is 6.69. The molecule has 1 aliphatic heterocycles. The molecule has 0 N–H and O–H groups in total. The Morgan fingerprint density at radius 1 is 1.35 bits per heavy atom. The molecule has 0 aromatic heterocycles. The van der Waals surface area contributed by atoms with Crippen LogP contribution in [-0.4, -0.2) is 25.6 Å². The lowest BCUT2D eigenvalue weighted by atomic mass is 9.67. The number of allylic oxidation sites excluding steroid dienone is 2. The van der Waals surface area contributed by atoms with Crippen LogP contribution in [0.4, 0.5) is 0 Å². The van der Waals surface area contributed by atoms with Crippen molar-refractivity contribution >= 4 is 0 Å². The molecule has 1 aromatic rings. The van der Waals surface area contributed by atoms with Gasteiger partial charge in [-0.2, -0.15) is 0 Å². The number of hydrogen-bond donors (Lipinski definition) is 0. The summed E-state index contributed by atoms with van der Waals surface area (Å²) in [6, 6.07) is 4.48. The third-order valence-electron chi connectivity index (χ3n) is 5.67. The van der Waals surface area contributed by atoms with Gasteiger partial charge in [0.05, 0.1) is 7.11 Å². The molecular weight excluding hydrogens is 246 g/mol. The van der Waals surface area contributed by atoms with Gasteiger partial charge in [-0.25, -0.2) is 0 Å². The van der Waals surface area contributed by atoms with E-state index in [1.54, 1.807) is 5.56 Å². The van der Waals surface area contributed by atoms with Gasteiger partial charge in [0.15, 0.2) is 0 Å². The highest BCUT2D eigenvalue weighted by molar-refractivity contribution is 5.56. The molecule has 3 aliphatic rings. The van der Waals surface area contributed by atoms with E-state index in [0.29, 0.717) is 5.41 Å². The lowest BCUT2D eigenvalue weighted by molar-refractivity contribution is 0.261. The lowest BCUT2D eigenvalue weighted by Crippen LogP contribution is -2.33. The molecule has 2 atom stereocenters. The molecule has 0 radical (unpaired) electrons. The van der Waals surface area contributed by atoms with E-state index >= 15 is 0 Å². The summed E-state index contributed by atoms with van der Waals surface area (Å²) in [5.41, 5.74) is 4.93. The van der Waals surface area contributed by atoms with Gasteiger partial charge in [-0.05, 0) is 68.0 Å². The number of hydrogen-bond acceptors (Lipinski definition) is 2. The Kier molecular flexibility index (Phi) is 2.71. The molecule has 1 aromatic carbocycles. The highest BCUT2D eigenvalue weighted by Gasteiger charge is 2.48. The third-order valence-corrected chi connectivity index (χ3v) is 5.67. The first-order valence-corrected chi connectivity index (χ1v) is 7.80. The van der Waals surface area contributed by atoms with Crippen LogP contribution >= 0.6 is 0 Å². The van der Waals surface area contributed by atoms with Gasteiger partial charge < -0.3 is 9.64 Å².